The second-order valence-corrected chi connectivity index (χ2v) is 6.12. The van der Waals surface area contributed by atoms with Crippen LogP contribution in [0.1, 0.15) is 19.8 Å². The first kappa shape index (κ1) is 12.1. The Labute approximate surface area is 78.1 Å². The van der Waals surface area contributed by atoms with Gasteiger partial charge >= 0.3 is 8.74 Å². The van der Waals surface area contributed by atoms with Crippen molar-refractivity contribution >= 4 is 8.74 Å². The van der Waals surface area contributed by atoms with Crippen molar-refractivity contribution in [1.82, 2.24) is 0 Å². The summed E-state index contributed by atoms with van der Waals surface area (Å²) in [6.07, 6.45) is 0.490. The highest BCUT2D eigenvalue weighted by Gasteiger charge is 2.30. The number of nitriles is 2. The predicted molar refractivity (Wildman–Crippen MR) is 47.2 cm³/mol. The highest BCUT2D eigenvalue weighted by atomic mass is 28.4. The first-order valence-electron chi connectivity index (χ1n) is 4.03. The normalized spacial score (nSPS) is 11.8. The van der Waals surface area contributed by atoms with E-state index in [9.17, 15) is 8.22 Å². The maximum Gasteiger partial charge on any atom is 0.422 e. The maximum absolute atomic E-state index is 12.5. The minimum atomic E-state index is -4.00. The topological polar surface area (TPSA) is 47.6 Å². The number of hydrogen-bond donors (Lipinski definition) is 0. The van der Waals surface area contributed by atoms with Gasteiger partial charge in [0.2, 0.25) is 0 Å². The Kier molecular flexibility index (Phi) is 4.02. The van der Waals surface area contributed by atoms with Gasteiger partial charge in [0.1, 0.15) is 5.41 Å². The molecule has 0 unspecified atom stereocenters. The minimum absolute atomic E-state index is 0.133. The van der Waals surface area contributed by atoms with E-state index in [1.54, 1.807) is 0 Å². The second-order valence-electron chi connectivity index (χ2n) is 3.48. The van der Waals surface area contributed by atoms with Crippen LogP contribution in [0.5, 0.6) is 0 Å². The molecule has 0 bridgehead atoms. The molecule has 0 aliphatic carbocycles. The highest BCUT2D eigenvalue weighted by Crippen LogP contribution is 2.25. The van der Waals surface area contributed by atoms with Gasteiger partial charge in [-0.2, -0.15) is 10.5 Å². The van der Waals surface area contributed by atoms with Crippen molar-refractivity contribution in [3.63, 3.8) is 0 Å². The van der Waals surface area contributed by atoms with E-state index in [2.05, 4.69) is 0 Å². The van der Waals surface area contributed by atoms with Crippen LogP contribution in [0.15, 0.2) is 0 Å². The molecule has 72 valence electrons. The van der Waals surface area contributed by atoms with E-state index in [0.717, 1.165) is 6.55 Å². The van der Waals surface area contributed by atoms with Gasteiger partial charge in [-0.05, 0) is 32.4 Å². The van der Waals surface area contributed by atoms with Crippen molar-refractivity contribution in [2.24, 2.45) is 5.41 Å². The van der Waals surface area contributed by atoms with Gasteiger partial charge in [-0.15, -0.1) is 0 Å². The molecular formula is C8H12F2N2Si. The number of halogens is 2. The minimum Gasteiger partial charge on any atom is -0.271 e. The van der Waals surface area contributed by atoms with E-state index >= 15 is 0 Å². The zero-order valence-corrected chi connectivity index (χ0v) is 8.77. The lowest BCUT2D eigenvalue weighted by molar-refractivity contribution is 0.501. The average Bonchev–Trinajstić information content (AvgIpc) is 2.02. The van der Waals surface area contributed by atoms with Crippen molar-refractivity contribution in [3.05, 3.63) is 0 Å². The van der Waals surface area contributed by atoms with Crippen LogP contribution in [0.25, 0.3) is 0 Å². The molecule has 0 radical (unpaired) electrons. The molecule has 0 fully saturated rings. The van der Waals surface area contributed by atoms with Crippen LogP contribution < -0.4 is 0 Å². The van der Waals surface area contributed by atoms with Crippen molar-refractivity contribution in [2.75, 3.05) is 0 Å². The smallest absolute Gasteiger partial charge is 0.271 e. The Morgan fingerprint density at radius 3 is 2.08 bits per heavy atom. The van der Waals surface area contributed by atoms with E-state index in [4.69, 9.17) is 10.5 Å². The second kappa shape index (κ2) is 4.34. The van der Waals surface area contributed by atoms with Crippen LogP contribution in [0.4, 0.5) is 8.22 Å². The third-order valence-corrected chi connectivity index (χ3v) is 3.02. The van der Waals surface area contributed by atoms with Gasteiger partial charge in [-0.25, -0.2) is 0 Å². The summed E-state index contributed by atoms with van der Waals surface area (Å²) < 4.78 is 25.0. The quantitative estimate of drug-likeness (QED) is 0.520. The summed E-state index contributed by atoms with van der Waals surface area (Å²) in [7, 11) is -4.00. The van der Waals surface area contributed by atoms with Crippen molar-refractivity contribution < 1.29 is 8.22 Å². The van der Waals surface area contributed by atoms with Crippen molar-refractivity contribution in [1.29, 1.82) is 10.5 Å². The monoisotopic (exact) mass is 202 g/mol. The molecule has 0 saturated heterocycles. The maximum atomic E-state index is 12.5. The Bertz CT molecular complexity index is 232. The molecule has 0 saturated carbocycles. The molecule has 0 atom stereocenters. The molecule has 0 heterocycles. The van der Waals surface area contributed by atoms with Gasteiger partial charge in [0.15, 0.2) is 0 Å². The fourth-order valence-corrected chi connectivity index (χ4v) is 1.69. The predicted octanol–water partition coefficient (Wildman–Crippen LogP) is 2.83. The third kappa shape index (κ3) is 5.32. The zero-order valence-electron chi connectivity index (χ0n) is 7.77. The van der Waals surface area contributed by atoms with E-state index in [-0.39, 0.29) is 18.9 Å². The van der Waals surface area contributed by atoms with Crippen LogP contribution in [-0.4, -0.2) is 8.74 Å². The Balaban J connectivity index is 3.93. The number of hydrogen-bond acceptors (Lipinski definition) is 2. The highest BCUT2D eigenvalue weighted by molar-refractivity contribution is 6.64. The summed E-state index contributed by atoms with van der Waals surface area (Å²) >= 11 is 0. The largest absolute Gasteiger partial charge is 0.422 e. The van der Waals surface area contributed by atoms with Crippen LogP contribution in [0, 0.1) is 28.1 Å². The molecule has 0 spiro atoms. The van der Waals surface area contributed by atoms with E-state index < -0.39 is 14.2 Å². The molecule has 0 aromatic heterocycles. The van der Waals surface area contributed by atoms with E-state index in [0.29, 0.717) is 0 Å². The molecule has 2 nitrogen and oxygen atoms in total. The van der Waals surface area contributed by atoms with Crippen LogP contribution >= 0.6 is 0 Å². The Morgan fingerprint density at radius 2 is 1.77 bits per heavy atom. The lowest BCUT2D eigenvalue weighted by Gasteiger charge is -2.12. The van der Waals surface area contributed by atoms with Gasteiger partial charge in [-0.1, -0.05) is 0 Å². The fourth-order valence-electron chi connectivity index (χ4n) is 0.889. The molecule has 0 aromatic carbocycles. The van der Waals surface area contributed by atoms with E-state index in [1.165, 1.54) is 6.92 Å². The summed E-state index contributed by atoms with van der Waals surface area (Å²) in [6, 6.07) is 3.51. The summed E-state index contributed by atoms with van der Waals surface area (Å²) in [5.74, 6) is 0. The number of rotatable bonds is 4. The first-order valence-corrected chi connectivity index (χ1v) is 6.50. The molecule has 0 aromatic rings. The molecule has 0 N–H and O–H groups in total. The lowest BCUT2D eigenvalue weighted by atomic mass is 9.89. The van der Waals surface area contributed by atoms with E-state index in [1.807, 2.05) is 12.1 Å². The van der Waals surface area contributed by atoms with Gasteiger partial charge in [0.05, 0.1) is 12.1 Å². The van der Waals surface area contributed by atoms with Gasteiger partial charge in [0, 0.05) is 0 Å². The standard InChI is InChI=1S/C8H12F2N2Si/c1-8(6-11,7-12)4-3-5-13(2,9)10/h3-5H2,1-2H3. The summed E-state index contributed by atoms with van der Waals surface area (Å²) in [4.78, 5) is 0. The summed E-state index contributed by atoms with van der Waals surface area (Å²) in [5, 5.41) is 17.1. The van der Waals surface area contributed by atoms with Crippen molar-refractivity contribution in [3.8, 4) is 12.1 Å². The Hall–Kier alpha value is -0.943. The molecular weight excluding hydrogens is 190 g/mol. The lowest BCUT2D eigenvalue weighted by Crippen LogP contribution is -2.18. The fraction of sp³-hybridized carbons (Fsp3) is 0.750. The SMILES string of the molecule is CC(C#N)(C#N)CCC[Si](C)(F)F. The van der Waals surface area contributed by atoms with Gasteiger partial charge in [-0.3, -0.25) is 8.22 Å². The van der Waals surface area contributed by atoms with Gasteiger partial charge in [0.25, 0.3) is 0 Å². The molecule has 0 amide bonds. The molecule has 0 rings (SSSR count). The third-order valence-electron chi connectivity index (χ3n) is 1.79. The van der Waals surface area contributed by atoms with Crippen LogP contribution in [0.2, 0.25) is 12.6 Å². The summed E-state index contributed by atoms with van der Waals surface area (Å²) in [5.41, 5.74) is -1.10. The van der Waals surface area contributed by atoms with Crippen LogP contribution in [-0.2, 0) is 0 Å². The summed E-state index contributed by atoms with van der Waals surface area (Å²) in [6.45, 7) is 2.45. The first-order chi connectivity index (χ1) is 5.83. The molecule has 5 heteroatoms. The molecule has 0 aliphatic heterocycles. The number of nitrogens with zero attached hydrogens (tertiary/aromatic N) is 2. The zero-order chi connectivity index (χ0) is 10.5. The molecule has 0 aliphatic rings. The van der Waals surface area contributed by atoms with Crippen molar-refractivity contribution in [2.45, 2.75) is 32.4 Å². The van der Waals surface area contributed by atoms with Gasteiger partial charge < -0.3 is 0 Å². The van der Waals surface area contributed by atoms with Crippen LogP contribution in [0.3, 0.4) is 0 Å². The Morgan fingerprint density at radius 1 is 1.31 bits per heavy atom. The molecule has 13 heavy (non-hydrogen) atoms. The average molecular weight is 202 g/mol.